The number of allylic oxidation sites excluding steroid dienone is 12. The lowest BCUT2D eigenvalue weighted by atomic mass is 9.77. The van der Waals surface area contributed by atoms with E-state index in [1.165, 1.54) is 186 Å². The molecule has 0 aliphatic carbocycles. The second-order valence-electron chi connectivity index (χ2n) is 18.9. The third kappa shape index (κ3) is 43.1. The Morgan fingerprint density at radius 3 is 0.952 bits per heavy atom. The minimum absolute atomic E-state index is 0.0824. The first-order valence-corrected chi connectivity index (χ1v) is 27.2. The summed E-state index contributed by atoms with van der Waals surface area (Å²) < 4.78 is 6.18. The molecule has 0 saturated carbocycles. The van der Waals surface area contributed by atoms with Gasteiger partial charge in [0.05, 0.1) is 12.0 Å². The molecule has 62 heavy (non-hydrogen) atoms. The van der Waals surface area contributed by atoms with Crippen molar-refractivity contribution in [2.24, 2.45) is 5.41 Å². The molecule has 0 rings (SSSR count). The highest BCUT2D eigenvalue weighted by molar-refractivity contribution is 5.77. The first-order valence-electron chi connectivity index (χ1n) is 27.2. The van der Waals surface area contributed by atoms with Gasteiger partial charge in [-0.2, -0.15) is 0 Å². The highest BCUT2D eigenvalue weighted by atomic mass is 16.5. The summed E-state index contributed by atoms with van der Waals surface area (Å²) in [6.45, 7) is 8.18. The zero-order valence-corrected chi connectivity index (χ0v) is 42.5. The predicted octanol–water partition coefficient (Wildman–Crippen LogP) is 19.3. The Hall–Kier alpha value is -2.13. The molecule has 0 aliphatic heterocycles. The van der Waals surface area contributed by atoms with E-state index in [1.807, 2.05) is 0 Å². The Bertz CT molecular complexity index is 1050. The molecular formula is C59H107NO2. The van der Waals surface area contributed by atoms with E-state index in [9.17, 15) is 4.79 Å². The second-order valence-corrected chi connectivity index (χ2v) is 18.9. The minimum Gasteiger partial charge on any atom is -0.465 e. The molecular weight excluding hydrogens is 755 g/mol. The maximum absolute atomic E-state index is 14.1. The van der Waals surface area contributed by atoms with Gasteiger partial charge < -0.3 is 9.64 Å². The van der Waals surface area contributed by atoms with E-state index in [1.54, 1.807) is 0 Å². The van der Waals surface area contributed by atoms with E-state index in [-0.39, 0.29) is 11.4 Å². The third-order valence-electron chi connectivity index (χ3n) is 12.3. The molecule has 0 saturated heterocycles. The fraction of sp³-hybridized carbons (Fsp3) is 0.780. The average Bonchev–Trinajstić information content (AvgIpc) is 3.26. The van der Waals surface area contributed by atoms with Gasteiger partial charge >= 0.3 is 5.97 Å². The van der Waals surface area contributed by atoms with Crippen molar-refractivity contribution in [1.82, 2.24) is 4.90 Å². The smallest absolute Gasteiger partial charge is 0.313 e. The molecule has 0 aromatic carbocycles. The summed E-state index contributed by atoms with van der Waals surface area (Å²) in [7, 11) is 4.28. The molecule has 0 bridgehead atoms. The van der Waals surface area contributed by atoms with Crippen LogP contribution in [0.25, 0.3) is 0 Å². The van der Waals surface area contributed by atoms with E-state index in [4.69, 9.17) is 4.74 Å². The van der Waals surface area contributed by atoms with Crippen molar-refractivity contribution < 1.29 is 9.53 Å². The van der Waals surface area contributed by atoms with Crippen LogP contribution in [0.5, 0.6) is 0 Å². The van der Waals surface area contributed by atoms with Gasteiger partial charge in [0.15, 0.2) is 0 Å². The molecule has 0 amide bonds. The van der Waals surface area contributed by atoms with Gasteiger partial charge in [-0.1, -0.05) is 222 Å². The summed E-state index contributed by atoms with van der Waals surface area (Å²) >= 11 is 0. The Labute approximate surface area is 389 Å². The lowest BCUT2D eigenvalue weighted by Crippen LogP contribution is -2.42. The van der Waals surface area contributed by atoms with Crippen molar-refractivity contribution >= 4 is 5.97 Å². The van der Waals surface area contributed by atoms with Crippen molar-refractivity contribution in [2.45, 2.75) is 265 Å². The summed E-state index contributed by atoms with van der Waals surface area (Å²) in [5, 5.41) is 0. The number of ether oxygens (including phenoxy) is 1. The van der Waals surface area contributed by atoms with Crippen LogP contribution in [0.3, 0.4) is 0 Å². The van der Waals surface area contributed by atoms with E-state index in [0.717, 1.165) is 64.3 Å². The molecule has 0 aliphatic rings. The Kier molecular flexibility index (Phi) is 48.2. The van der Waals surface area contributed by atoms with Crippen LogP contribution in [-0.2, 0) is 9.53 Å². The predicted molar refractivity (Wildman–Crippen MR) is 279 cm³/mol. The molecule has 0 aromatic rings. The second kappa shape index (κ2) is 49.9. The summed E-state index contributed by atoms with van der Waals surface area (Å²) in [6, 6.07) is 0. The first kappa shape index (κ1) is 59.9. The molecule has 0 unspecified atom stereocenters. The standard InChI is InChI=1S/C59H107NO2/c1-6-9-12-15-18-21-24-27-30-33-36-39-42-45-48-51-54-59(57-60(4)5,55-52-49-46-43-40-37-34-31-28-25-22-19-16-13-10-7-2)58(61)62-56-53-50-47-44-41-38-35-32-29-26-23-20-17-14-11-8-3/h18-23,27-32H,6-17,24-26,33-57H2,1-5H3/b21-18-,22-19-,23-20?,30-27-,31-28-,32-29?. The van der Waals surface area contributed by atoms with E-state index >= 15 is 0 Å². The van der Waals surface area contributed by atoms with Gasteiger partial charge in [0.2, 0.25) is 0 Å². The largest absolute Gasteiger partial charge is 0.465 e. The maximum Gasteiger partial charge on any atom is 0.313 e. The fourth-order valence-corrected chi connectivity index (χ4v) is 8.47. The summed E-state index contributed by atoms with van der Waals surface area (Å²) in [5.74, 6) is 0.0824. The minimum atomic E-state index is -0.383. The molecule has 0 spiro atoms. The van der Waals surface area contributed by atoms with E-state index < -0.39 is 0 Å². The highest BCUT2D eigenvalue weighted by Gasteiger charge is 2.39. The van der Waals surface area contributed by atoms with Crippen molar-refractivity contribution in [3.63, 3.8) is 0 Å². The number of unbranched alkanes of at least 4 members (excludes halogenated alkanes) is 27. The van der Waals surface area contributed by atoms with Gasteiger partial charge in [0, 0.05) is 6.54 Å². The van der Waals surface area contributed by atoms with Gasteiger partial charge in [0.1, 0.15) is 0 Å². The van der Waals surface area contributed by atoms with Crippen molar-refractivity contribution in [2.75, 3.05) is 27.2 Å². The van der Waals surface area contributed by atoms with Crippen molar-refractivity contribution in [3.8, 4) is 0 Å². The van der Waals surface area contributed by atoms with Crippen LogP contribution in [-0.4, -0.2) is 38.1 Å². The quantitative estimate of drug-likeness (QED) is 0.0347. The third-order valence-corrected chi connectivity index (χ3v) is 12.3. The van der Waals surface area contributed by atoms with Crippen LogP contribution in [0, 0.1) is 5.41 Å². The van der Waals surface area contributed by atoms with Crippen LogP contribution in [0.4, 0.5) is 0 Å². The van der Waals surface area contributed by atoms with Crippen LogP contribution >= 0.6 is 0 Å². The van der Waals surface area contributed by atoms with Gasteiger partial charge in [-0.05, 0) is 130 Å². The normalized spacial score (nSPS) is 12.7. The lowest BCUT2D eigenvalue weighted by molar-refractivity contribution is -0.158. The molecule has 0 aromatic heterocycles. The summed E-state index contributed by atoms with van der Waals surface area (Å²) in [4.78, 5) is 16.3. The molecule has 0 radical (unpaired) electrons. The number of nitrogens with zero attached hydrogens (tertiary/aromatic N) is 1. The molecule has 0 fully saturated rings. The molecule has 360 valence electrons. The van der Waals surface area contributed by atoms with Crippen molar-refractivity contribution in [1.29, 1.82) is 0 Å². The van der Waals surface area contributed by atoms with Gasteiger partial charge in [-0.15, -0.1) is 0 Å². The van der Waals surface area contributed by atoms with Gasteiger partial charge in [0.25, 0.3) is 0 Å². The lowest BCUT2D eigenvalue weighted by Gasteiger charge is -2.34. The Morgan fingerprint density at radius 1 is 0.371 bits per heavy atom. The number of hydrogen-bond acceptors (Lipinski definition) is 3. The van der Waals surface area contributed by atoms with Gasteiger partial charge in [-0.25, -0.2) is 0 Å². The fourth-order valence-electron chi connectivity index (χ4n) is 8.47. The van der Waals surface area contributed by atoms with Crippen LogP contribution < -0.4 is 0 Å². The monoisotopic (exact) mass is 862 g/mol. The zero-order chi connectivity index (χ0) is 45.1. The summed E-state index contributed by atoms with van der Waals surface area (Å²) in [5.41, 5.74) is -0.383. The number of hydrogen-bond donors (Lipinski definition) is 0. The first-order chi connectivity index (χ1) is 30.5. The van der Waals surface area contributed by atoms with E-state index in [0.29, 0.717) is 6.61 Å². The molecule has 3 heteroatoms. The van der Waals surface area contributed by atoms with Crippen LogP contribution in [0.15, 0.2) is 72.9 Å². The number of rotatable bonds is 48. The van der Waals surface area contributed by atoms with E-state index in [2.05, 4.69) is 113 Å². The Morgan fingerprint density at radius 2 is 0.645 bits per heavy atom. The number of esters is 1. The number of carbonyl (C=O) groups excluding carboxylic acids is 1. The SMILES string of the molecule is CCCCCC=CCC=CCCCCCCCCOC(=O)C(CCCCCCCC/C=C\C/C=C\CCCCC)(CCCCCCCC/C=C\C/C=C\CCCCC)CN(C)C. The highest BCUT2D eigenvalue weighted by Crippen LogP contribution is 2.35. The molecule has 3 nitrogen and oxygen atoms in total. The molecule has 0 N–H and O–H groups in total. The number of carbonyl (C=O) groups is 1. The van der Waals surface area contributed by atoms with Gasteiger partial charge in [-0.3, -0.25) is 4.79 Å². The molecule has 0 heterocycles. The van der Waals surface area contributed by atoms with Crippen molar-refractivity contribution in [3.05, 3.63) is 72.9 Å². The summed E-state index contributed by atoms with van der Waals surface area (Å²) in [6.07, 6.45) is 74.8. The Balaban J connectivity index is 4.72. The van der Waals surface area contributed by atoms with Crippen LogP contribution in [0.2, 0.25) is 0 Å². The maximum atomic E-state index is 14.1. The van der Waals surface area contributed by atoms with Crippen LogP contribution in [0.1, 0.15) is 265 Å². The average molecular weight is 863 g/mol. The zero-order valence-electron chi connectivity index (χ0n) is 42.5. The topological polar surface area (TPSA) is 29.5 Å². The molecule has 0 atom stereocenters.